The first-order valence-corrected chi connectivity index (χ1v) is 9.01. The number of hydrogen-bond donors (Lipinski definition) is 1. The summed E-state index contributed by atoms with van der Waals surface area (Å²) in [5.74, 6) is -0.164. The van der Waals surface area contributed by atoms with Crippen molar-refractivity contribution >= 4 is 22.5 Å². The molecule has 0 radical (unpaired) electrons. The lowest BCUT2D eigenvalue weighted by Crippen LogP contribution is -2.31. The van der Waals surface area contributed by atoms with Gasteiger partial charge < -0.3 is 9.88 Å². The molecule has 0 aliphatic rings. The van der Waals surface area contributed by atoms with Crippen LogP contribution in [0.2, 0.25) is 0 Å². The van der Waals surface area contributed by atoms with Crippen molar-refractivity contribution in [3.05, 3.63) is 106 Å². The Balaban J connectivity index is 1.83. The Labute approximate surface area is 162 Å². The zero-order valence-electron chi connectivity index (χ0n) is 15.4. The molecule has 2 heterocycles. The molecule has 28 heavy (non-hydrogen) atoms. The summed E-state index contributed by atoms with van der Waals surface area (Å²) < 4.78 is 0. The largest absolute Gasteiger partial charge is 0.322 e. The Bertz CT molecular complexity index is 1200. The van der Waals surface area contributed by atoms with Crippen LogP contribution in [0.1, 0.15) is 21.5 Å². The number of nitrogens with zero attached hydrogens (tertiary/aromatic N) is 2. The van der Waals surface area contributed by atoms with Crippen LogP contribution in [-0.4, -0.2) is 15.9 Å². The van der Waals surface area contributed by atoms with E-state index in [0.717, 1.165) is 27.7 Å². The fraction of sp³-hybridized carbons (Fsp3) is 0.0870. The highest BCUT2D eigenvalue weighted by Gasteiger charge is 2.20. The van der Waals surface area contributed by atoms with E-state index in [2.05, 4.69) is 9.97 Å². The van der Waals surface area contributed by atoms with Crippen LogP contribution in [0, 0.1) is 6.92 Å². The van der Waals surface area contributed by atoms with Gasteiger partial charge in [0.05, 0.1) is 12.1 Å². The lowest BCUT2D eigenvalue weighted by Gasteiger charge is -2.24. The fourth-order valence-electron chi connectivity index (χ4n) is 3.30. The van der Waals surface area contributed by atoms with Gasteiger partial charge >= 0.3 is 0 Å². The number of pyridine rings is 2. The molecule has 0 spiro atoms. The number of para-hydroxylation sites is 1. The Morgan fingerprint density at radius 1 is 1.04 bits per heavy atom. The monoisotopic (exact) mass is 369 g/mol. The molecule has 5 nitrogen and oxygen atoms in total. The second-order valence-electron chi connectivity index (χ2n) is 6.68. The summed E-state index contributed by atoms with van der Waals surface area (Å²) in [4.78, 5) is 34.0. The van der Waals surface area contributed by atoms with Crippen molar-refractivity contribution in [3.8, 4) is 0 Å². The van der Waals surface area contributed by atoms with Crippen molar-refractivity contribution < 1.29 is 4.79 Å². The van der Waals surface area contributed by atoms with E-state index < -0.39 is 0 Å². The Hall–Kier alpha value is -3.73. The van der Waals surface area contributed by atoms with Gasteiger partial charge in [-0.25, -0.2) is 0 Å². The minimum Gasteiger partial charge on any atom is -0.322 e. The quantitative estimate of drug-likeness (QED) is 0.589. The molecular weight excluding hydrogens is 350 g/mol. The SMILES string of the molecule is Cc1cccc(N(Cc2cc(=O)[nH]c3ccccc23)C(=O)c2cccnc2)c1. The second-order valence-corrected chi connectivity index (χ2v) is 6.68. The molecule has 2 aromatic heterocycles. The molecule has 4 rings (SSSR count). The molecule has 0 atom stereocenters. The molecule has 1 amide bonds. The molecule has 138 valence electrons. The van der Waals surface area contributed by atoms with Gasteiger partial charge in [0.1, 0.15) is 0 Å². The molecule has 0 unspecified atom stereocenters. The maximum atomic E-state index is 13.3. The third-order valence-electron chi connectivity index (χ3n) is 4.63. The van der Waals surface area contributed by atoms with Crippen LogP contribution in [0.4, 0.5) is 5.69 Å². The first kappa shape index (κ1) is 17.7. The van der Waals surface area contributed by atoms with Crippen molar-refractivity contribution in [2.75, 3.05) is 4.90 Å². The van der Waals surface area contributed by atoms with Crippen LogP contribution in [-0.2, 0) is 6.54 Å². The third kappa shape index (κ3) is 3.55. The first-order valence-electron chi connectivity index (χ1n) is 9.01. The van der Waals surface area contributed by atoms with Crippen molar-refractivity contribution in [2.45, 2.75) is 13.5 Å². The maximum Gasteiger partial charge on any atom is 0.260 e. The highest BCUT2D eigenvalue weighted by atomic mass is 16.2. The van der Waals surface area contributed by atoms with E-state index in [4.69, 9.17) is 0 Å². The van der Waals surface area contributed by atoms with Crippen LogP contribution < -0.4 is 10.5 Å². The summed E-state index contributed by atoms with van der Waals surface area (Å²) in [5, 5.41) is 0.915. The van der Waals surface area contributed by atoms with Gasteiger partial charge in [-0.3, -0.25) is 14.6 Å². The summed E-state index contributed by atoms with van der Waals surface area (Å²) >= 11 is 0. The van der Waals surface area contributed by atoms with Crippen LogP contribution >= 0.6 is 0 Å². The van der Waals surface area contributed by atoms with Gasteiger partial charge in [-0.15, -0.1) is 0 Å². The zero-order chi connectivity index (χ0) is 19.5. The van der Waals surface area contributed by atoms with E-state index in [-0.39, 0.29) is 18.0 Å². The minimum atomic E-state index is -0.188. The number of fused-ring (bicyclic) bond motifs is 1. The Kier molecular flexibility index (Phi) is 4.72. The molecule has 5 heteroatoms. The smallest absolute Gasteiger partial charge is 0.260 e. The average molecular weight is 369 g/mol. The highest BCUT2D eigenvalue weighted by molar-refractivity contribution is 6.06. The molecule has 0 saturated heterocycles. The number of anilines is 1. The van der Waals surface area contributed by atoms with Crippen LogP contribution in [0.25, 0.3) is 10.9 Å². The number of aromatic nitrogens is 2. The number of amides is 1. The van der Waals surface area contributed by atoms with Crippen LogP contribution in [0.3, 0.4) is 0 Å². The molecule has 0 saturated carbocycles. The predicted octanol–water partition coefficient (Wildman–Crippen LogP) is 4.08. The van der Waals surface area contributed by atoms with Gasteiger partial charge in [-0.1, -0.05) is 30.3 Å². The number of aromatic amines is 1. The van der Waals surface area contributed by atoms with Gasteiger partial charge in [-0.05, 0) is 48.4 Å². The fourth-order valence-corrected chi connectivity index (χ4v) is 3.30. The lowest BCUT2D eigenvalue weighted by molar-refractivity contribution is 0.0985. The molecule has 0 aliphatic carbocycles. The summed E-state index contributed by atoms with van der Waals surface area (Å²) in [7, 11) is 0. The summed E-state index contributed by atoms with van der Waals surface area (Å²) in [5.41, 5.74) is 3.68. The summed E-state index contributed by atoms with van der Waals surface area (Å²) in [6.45, 7) is 2.26. The highest BCUT2D eigenvalue weighted by Crippen LogP contribution is 2.24. The van der Waals surface area contributed by atoms with Crippen molar-refractivity contribution in [3.63, 3.8) is 0 Å². The molecule has 0 aliphatic heterocycles. The number of hydrogen-bond acceptors (Lipinski definition) is 3. The zero-order valence-corrected chi connectivity index (χ0v) is 15.4. The van der Waals surface area contributed by atoms with Gasteiger partial charge in [0.25, 0.3) is 5.91 Å². The number of H-pyrrole nitrogens is 1. The van der Waals surface area contributed by atoms with E-state index in [1.807, 2.05) is 55.5 Å². The van der Waals surface area contributed by atoms with Gasteiger partial charge in [0.2, 0.25) is 5.56 Å². The van der Waals surface area contributed by atoms with Gasteiger partial charge in [-0.2, -0.15) is 0 Å². The van der Waals surface area contributed by atoms with Crippen LogP contribution in [0.5, 0.6) is 0 Å². The van der Waals surface area contributed by atoms with Gasteiger partial charge in [0, 0.05) is 35.1 Å². The number of nitrogens with one attached hydrogen (secondary N) is 1. The van der Waals surface area contributed by atoms with Crippen LogP contribution in [0.15, 0.2) is 83.9 Å². The summed E-state index contributed by atoms with van der Waals surface area (Å²) in [6.07, 6.45) is 3.19. The molecular formula is C23H19N3O2. The molecule has 1 N–H and O–H groups in total. The minimum absolute atomic E-state index is 0.164. The van der Waals surface area contributed by atoms with E-state index in [1.165, 1.54) is 0 Å². The van der Waals surface area contributed by atoms with Crippen molar-refractivity contribution in [1.82, 2.24) is 9.97 Å². The van der Waals surface area contributed by atoms with E-state index in [1.54, 1.807) is 35.5 Å². The Morgan fingerprint density at radius 2 is 1.89 bits per heavy atom. The normalized spacial score (nSPS) is 10.8. The first-order chi connectivity index (χ1) is 13.6. The van der Waals surface area contributed by atoms with E-state index in [9.17, 15) is 9.59 Å². The third-order valence-corrected chi connectivity index (χ3v) is 4.63. The number of carbonyl (C=O) groups excluding carboxylic acids is 1. The predicted molar refractivity (Wildman–Crippen MR) is 110 cm³/mol. The average Bonchev–Trinajstić information content (AvgIpc) is 2.72. The number of carbonyl (C=O) groups is 1. The molecule has 4 aromatic rings. The molecule has 0 fully saturated rings. The van der Waals surface area contributed by atoms with Crippen molar-refractivity contribution in [1.29, 1.82) is 0 Å². The maximum absolute atomic E-state index is 13.3. The molecule has 0 bridgehead atoms. The number of benzene rings is 2. The van der Waals surface area contributed by atoms with E-state index >= 15 is 0 Å². The van der Waals surface area contributed by atoms with Crippen molar-refractivity contribution in [2.24, 2.45) is 0 Å². The Morgan fingerprint density at radius 3 is 2.68 bits per heavy atom. The number of aryl methyl sites for hydroxylation is 1. The number of rotatable bonds is 4. The topological polar surface area (TPSA) is 66.1 Å². The standard InChI is InChI=1S/C23H19N3O2/c1-16-6-4-8-19(12-16)26(23(28)17-7-5-11-24-14-17)15-18-13-22(27)25-21-10-3-2-9-20(18)21/h2-14H,15H2,1H3,(H,25,27). The van der Waals surface area contributed by atoms with E-state index in [0.29, 0.717) is 5.56 Å². The summed E-state index contributed by atoms with van der Waals surface area (Å²) in [6, 6.07) is 20.4. The lowest BCUT2D eigenvalue weighted by atomic mass is 10.1. The molecule has 2 aromatic carbocycles. The second kappa shape index (κ2) is 7.48. The van der Waals surface area contributed by atoms with Gasteiger partial charge in [0.15, 0.2) is 0 Å².